The molecule has 0 spiro atoms. The van der Waals surface area contributed by atoms with Gasteiger partial charge in [-0.05, 0) is 30.2 Å². The smallest absolute Gasteiger partial charge is 0.317 e. The predicted molar refractivity (Wildman–Crippen MR) is 110 cm³/mol. The highest BCUT2D eigenvalue weighted by Gasteiger charge is 2.21. The molecule has 2 aromatic rings. The number of hydrogen-bond acceptors (Lipinski definition) is 4. The summed E-state index contributed by atoms with van der Waals surface area (Å²) >= 11 is 0. The summed E-state index contributed by atoms with van der Waals surface area (Å²) < 4.78 is 10.6. The van der Waals surface area contributed by atoms with E-state index in [1.165, 1.54) is 11.1 Å². The fraction of sp³-hybridized carbons (Fsp3) is 0.409. The maximum atomic E-state index is 12.4. The molecule has 1 aliphatic rings. The summed E-state index contributed by atoms with van der Waals surface area (Å²) in [5.41, 5.74) is 2.37. The van der Waals surface area contributed by atoms with E-state index in [-0.39, 0.29) is 6.03 Å². The number of benzene rings is 2. The van der Waals surface area contributed by atoms with E-state index >= 15 is 0 Å². The van der Waals surface area contributed by atoms with Crippen LogP contribution in [0.1, 0.15) is 11.1 Å². The van der Waals surface area contributed by atoms with Crippen molar-refractivity contribution in [2.45, 2.75) is 13.0 Å². The van der Waals surface area contributed by atoms with Gasteiger partial charge in [-0.3, -0.25) is 4.90 Å². The molecule has 0 saturated carbocycles. The van der Waals surface area contributed by atoms with Gasteiger partial charge < -0.3 is 19.7 Å². The second-order valence-corrected chi connectivity index (χ2v) is 6.91. The zero-order valence-electron chi connectivity index (χ0n) is 16.7. The van der Waals surface area contributed by atoms with Gasteiger partial charge in [-0.1, -0.05) is 30.3 Å². The normalized spacial score (nSPS) is 14.6. The monoisotopic (exact) mass is 383 g/mol. The molecule has 6 nitrogen and oxygen atoms in total. The van der Waals surface area contributed by atoms with Crippen molar-refractivity contribution >= 4 is 6.03 Å². The first-order valence-corrected chi connectivity index (χ1v) is 9.69. The van der Waals surface area contributed by atoms with Crippen LogP contribution in [0.2, 0.25) is 0 Å². The summed E-state index contributed by atoms with van der Waals surface area (Å²) in [5, 5.41) is 3.03. The molecule has 2 aromatic carbocycles. The molecule has 0 aliphatic carbocycles. The average molecular weight is 383 g/mol. The Morgan fingerprint density at radius 1 is 0.964 bits per heavy atom. The number of ether oxygens (including phenoxy) is 2. The number of rotatable bonds is 7. The van der Waals surface area contributed by atoms with E-state index in [0.717, 1.165) is 50.6 Å². The van der Waals surface area contributed by atoms with Gasteiger partial charge in [0, 0.05) is 44.8 Å². The molecule has 1 fully saturated rings. The molecule has 2 amide bonds. The minimum Gasteiger partial charge on any atom is -0.497 e. The summed E-state index contributed by atoms with van der Waals surface area (Å²) in [6, 6.07) is 16.1. The first-order chi connectivity index (χ1) is 13.7. The Morgan fingerprint density at radius 3 is 2.36 bits per heavy atom. The lowest BCUT2D eigenvalue weighted by molar-refractivity contribution is 0.134. The molecule has 0 aromatic heterocycles. The second-order valence-electron chi connectivity index (χ2n) is 6.91. The Kier molecular flexibility index (Phi) is 7.14. The summed E-state index contributed by atoms with van der Waals surface area (Å²) in [5.74, 6) is 1.76. The highest BCUT2D eigenvalue weighted by atomic mass is 16.5. The number of urea groups is 1. The van der Waals surface area contributed by atoms with Crippen LogP contribution >= 0.6 is 0 Å². The predicted octanol–water partition coefficient (Wildman–Crippen LogP) is 2.77. The highest BCUT2D eigenvalue weighted by molar-refractivity contribution is 5.74. The van der Waals surface area contributed by atoms with Gasteiger partial charge >= 0.3 is 6.03 Å². The largest absolute Gasteiger partial charge is 0.497 e. The van der Waals surface area contributed by atoms with Crippen molar-refractivity contribution in [3.8, 4) is 11.5 Å². The Morgan fingerprint density at radius 2 is 1.68 bits per heavy atom. The summed E-state index contributed by atoms with van der Waals surface area (Å²) in [7, 11) is 3.36. The van der Waals surface area contributed by atoms with Crippen LogP contribution in [0, 0.1) is 0 Å². The molecule has 3 rings (SSSR count). The van der Waals surface area contributed by atoms with Crippen molar-refractivity contribution < 1.29 is 14.3 Å². The van der Waals surface area contributed by atoms with Crippen molar-refractivity contribution in [3.63, 3.8) is 0 Å². The molecule has 1 aliphatic heterocycles. The maximum absolute atomic E-state index is 12.4. The standard InChI is InChI=1S/C22H29N3O3/c1-27-20-9-7-18(8-10-20)11-12-23-22(26)25-15-13-24(14-16-25)17-19-5-3-4-6-21(19)28-2/h3-10H,11-17H2,1-2H3,(H,23,26). The van der Waals surface area contributed by atoms with Gasteiger partial charge in [0.15, 0.2) is 0 Å². The van der Waals surface area contributed by atoms with Crippen LogP contribution in [0.25, 0.3) is 0 Å². The molecule has 28 heavy (non-hydrogen) atoms. The van der Waals surface area contributed by atoms with E-state index in [9.17, 15) is 4.79 Å². The number of hydrogen-bond donors (Lipinski definition) is 1. The number of para-hydroxylation sites is 1. The quantitative estimate of drug-likeness (QED) is 0.799. The van der Waals surface area contributed by atoms with Gasteiger partial charge in [-0.15, -0.1) is 0 Å². The van der Waals surface area contributed by atoms with Crippen molar-refractivity contribution in [1.29, 1.82) is 0 Å². The Balaban J connectivity index is 1.39. The molecule has 1 N–H and O–H groups in total. The molecule has 0 bridgehead atoms. The van der Waals surface area contributed by atoms with Crippen molar-refractivity contribution in [1.82, 2.24) is 15.1 Å². The lowest BCUT2D eigenvalue weighted by atomic mass is 10.1. The minimum atomic E-state index is 0.0189. The number of piperazine rings is 1. The Bertz CT molecular complexity index is 756. The molecule has 0 unspecified atom stereocenters. The number of nitrogens with one attached hydrogen (secondary N) is 1. The first-order valence-electron chi connectivity index (χ1n) is 9.69. The Labute approximate surface area is 167 Å². The first kappa shape index (κ1) is 20.0. The van der Waals surface area contributed by atoms with Gasteiger partial charge in [0.25, 0.3) is 0 Å². The molecular formula is C22H29N3O3. The minimum absolute atomic E-state index is 0.0189. The maximum Gasteiger partial charge on any atom is 0.317 e. The van der Waals surface area contributed by atoms with Gasteiger partial charge in [0.1, 0.15) is 11.5 Å². The van der Waals surface area contributed by atoms with E-state index in [0.29, 0.717) is 6.54 Å². The van der Waals surface area contributed by atoms with Crippen LogP contribution < -0.4 is 14.8 Å². The number of nitrogens with zero attached hydrogens (tertiary/aromatic N) is 2. The molecule has 1 saturated heterocycles. The van der Waals surface area contributed by atoms with Crippen LogP contribution in [0.4, 0.5) is 4.79 Å². The van der Waals surface area contributed by atoms with Crippen LogP contribution in [0.3, 0.4) is 0 Å². The van der Waals surface area contributed by atoms with Crippen LogP contribution in [-0.4, -0.2) is 62.8 Å². The van der Waals surface area contributed by atoms with E-state index in [2.05, 4.69) is 16.3 Å². The third-order valence-corrected chi connectivity index (χ3v) is 5.09. The summed E-state index contributed by atoms with van der Waals surface area (Å²) in [4.78, 5) is 16.7. The number of carbonyl (C=O) groups is 1. The molecule has 0 atom stereocenters. The van der Waals surface area contributed by atoms with Crippen LogP contribution in [0.5, 0.6) is 11.5 Å². The van der Waals surface area contributed by atoms with E-state index in [1.807, 2.05) is 47.4 Å². The van der Waals surface area contributed by atoms with Gasteiger partial charge in [0.2, 0.25) is 0 Å². The third kappa shape index (κ3) is 5.39. The summed E-state index contributed by atoms with van der Waals surface area (Å²) in [6.45, 7) is 4.68. The number of methoxy groups -OCH3 is 2. The zero-order chi connectivity index (χ0) is 19.8. The topological polar surface area (TPSA) is 54.0 Å². The van der Waals surface area contributed by atoms with Crippen LogP contribution in [0.15, 0.2) is 48.5 Å². The highest BCUT2D eigenvalue weighted by Crippen LogP contribution is 2.20. The van der Waals surface area contributed by atoms with Gasteiger partial charge in [0.05, 0.1) is 14.2 Å². The average Bonchev–Trinajstić information content (AvgIpc) is 2.75. The van der Waals surface area contributed by atoms with E-state index < -0.39 is 0 Å². The van der Waals surface area contributed by atoms with Gasteiger partial charge in [-0.25, -0.2) is 4.79 Å². The Hall–Kier alpha value is -2.73. The fourth-order valence-electron chi connectivity index (χ4n) is 3.40. The second kappa shape index (κ2) is 9.99. The van der Waals surface area contributed by atoms with Crippen molar-refractivity contribution in [2.75, 3.05) is 46.9 Å². The van der Waals surface area contributed by atoms with Crippen LogP contribution in [-0.2, 0) is 13.0 Å². The van der Waals surface area contributed by atoms with Crippen molar-refractivity contribution in [2.24, 2.45) is 0 Å². The van der Waals surface area contributed by atoms with Gasteiger partial charge in [-0.2, -0.15) is 0 Å². The molecule has 1 heterocycles. The lowest BCUT2D eigenvalue weighted by Gasteiger charge is -2.34. The summed E-state index contributed by atoms with van der Waals surface area (Å²) in [6.07, 6.45) is 0.809. The molecule has 150 valence electrons. The number of carbonyl (C=O) groups excluding carboxylic acids is 1. The lowest BCUT2D eigenvalue weighted by Crippen LogP contribution is -2.51. The zero-order valence-corrected chi connectivity index (χ0v) is 16.7. The number of amides is 2. The SMILES string of the molecule is COc1ccc(CCNC(=O)N2CCN(Cc3ccccc3OC)CC2)cc1. The third-order valence-electron chi connectivity index (χ3n) is 5.09. The van der Waals surface area contributed by atoms with E-state index in [1.54, 1.807) is 14.2 Å². The molecule has 0 radical (unpaired) electrons. The molecular weight excluding hydrogens is 354 g/mol. The van der Waals surface area contributed by atoms with Crippen molar-refractivity contribution in [3.05, 3.63) is 59.7 Å². The fourth-order valence-corrected chi connectivity index (χ4v) is 3.40. The molecule has 6 heteroatoms. The van der Waals surface area contributed by atoms with E-state index in [4.69, 9.17) is 9.47 Å².